The third-order valence-corrected chi connectivity index (χ3v) is 6.06. The van der Waals surface area contributed by atoms with Gasteiger partial charge in [-0.05, 0) is 24.8 Å². The Hall–Kier alpha value is -2.48. The monoisotopic (exact) mass is 398 g/mol. The maximum absolute atomic E-state index is 13.0. The molecule has 4 rings (SSSR count). The van der Waals surface area contributed by atoms with Gasteiger partial charge in [0.1, 0.15) is 11.5 Å². The van der Waals surface area contributed by atoms with E-state index in [4.69, 9.17) is 0 Å². The van der Waals surface area contributed by atoms with Crippen LogP contribution in [0.4, 0.5) is 0 Å². The van der Waals surface area contributed by atoms with Gasteiger partial charge in [0, 0.05) is 43.8 Å². The fourth-order valence-electron chi connectivity index (χ4n) is 3.78. The predicted molar refractivity (Wildman–Crippen MR) is 109 cm³/mol. The molecule has 0 aliphatic carbocycles. The van der Waals surface area contributed by atoms with Gasteiger partial charge >= 0.3 is 0 Å². The van der Waals surface area contributed by atoms with E-state index in [-0.39, 0.29) is 5.91 Å². The van der Waals surface area contributed by atoms with E-state index in [0.717, 1.165) is 49.7 Å². The number of nitrogens with zero attached hydrogens (tertiary/aromatic N) is 6. The lowest BCUT2D eigenvalue weighted by Crippen LogP contribution is -2.39. The first-order chi connectivity index (χ1) is 13.5. The molecule has 148 valence electrons. The number of rotatable bonds is 5. The van der Waals surface area contributed by atoms with E-state index >= 15 is 0 Å². The zero-order valence-corrected chi connectivity index (χ0v) is 17.4. The molecule has 3 aromatic heterocycles. The molecule has 1 aliphatic heterocycles. The van der Waals surface area contributed by atoms with E-state index in [1.165, 1.54) is 0 Å². The second-order valence-electron chi connectivity index (χ2n) is 7.69. The van der Waals surface area contributed by atoms with Crippen molar-refractivity contribution in [1.82, 2.24) is 29.2 Å². The van der Waals surface area contributed by atoms with E-state index in [9.17, 15) is 4.79 Å². The highest BCUT2D eigenvalue weighted by atomic mass is 32.1. The first-order valence-electron chi connectivity index (χ1n) is 9.74. The number of aryl methyl sites for hydroxylation is 1. The summed E-state index contributed by atoms with van der Waals surface area (Å²) < 4.78 is 3.90. The number of imidazole rings is 1. The SMILES string of the molecule is CC(C)c1cc(C(=O)N2CCC(c3nccn3Cc3cscn3)CC2)n(C)n1. The average molecular weight is 399 g/mol. The Kier molecular flexibility index (Phi) is 5.30. The summed E-state index contributed by atoms with van der Waals surface area (Å²) in [5, 5.41) is 6.55. The van der Waals surface area contributed by atoms with E-state index in [2.05, 4.69) is 38.9 Å². The van der Waals surface area contributed by atoms with Gasteiger partial charge in [0.25, 0.3) is 5.91 Å². The van der Waals surface area contributed by atoms with Gasteiger partial charge in [-0.25, -0.2) is 9.97 Å². The molecule has 1 fully saturated rings. The van der Waals surface area contributed by atoms with E-state index in [1.807, 2.05) is 35.9 Å². The Morgan fingerprint density at radius 2 is 2.07 bits per heavy atom. The van der Waals surface area contributed by atoms with Crippen LogP contribution in [0.3, 0.4) is 0 Å². The summed E-state index contributed by atoms with van der Waals surface area (Å²) in [6.07, 6.45) is 5.74. The summed E-state index contributed by atoms with van der Waals surface area (Å²) in [4.78, 5) is 23.9. The minimum atomic E-state index is 0.0752. The molecule has 28 heavy (non-hydrogen) atoms. The van der Waals surface area contributed by atoms with Crippen molar-refractivity contribution in [2.75, 3.05) is 13.1 Å². The zero-order valence-electron chi connectivity index (χ0n) is 16.6. The lowest BCUT2D eigenvalue weighted by Gasteiger charge is -2.31. The third kappa shape index (κ3) is 3.73. The normalized spacial score (nSPS) is 15.5. The molecule has 0 spiro atoms. The molecule has 7 nitrogen and oxygen atoms in total. The molecule has 0 bridgehead atoms. The second-order valence-corrected chi connectivity index (χ2v) is 8.41. The van der Waals surface area contributed by atoms with Crippen molar-refractivity contribution < 1.29 is 4.79 Å². The summed E-state index contributed by atoms with van der Waals surface area (Å²) in [5.41, 5.74) is 4.56. The molecule has 1 aliphatic rings. The van der Waals surface area contributed by atoms with Crippen LogP contribution in [-0.2, 0) is 13.6 Å². The minimum absolute atomic E-state index is 0.0752. The second kappa shape index (κ2) is 7.87. The topological polar surface area (TPSA) is 68.8 Å². The van der Waals surface area contributed by atoms with Crippen LogP contribution in [0.1, 0.15) is 66.2 Å². The van der Waals surface area contributed by atoms with Crippen LogP contribution >= 0.6 is 11.3 Å². The number of carbonyl (C=O) groups is 1. The van der Waals surface area contributed by atoms with Gasteiger partial charge in [-0.3, -0.25) is 9.48 Å². The molecular weight excluding hydrogens is 372 g/mol. The quantitative estimate of drug-likeness (QED) is 0.661. The summed E-state index contributed by atoms with van der Waals surface area (Å²) in [6.45, 7) is 6.43. The molecule has 1 saturated heterocycles. The van der Waals surface area contributed by atoms with Gasteiger partial charge in [0.2, 0.25) is 0 Å². The average Bonchev–Trinajstić information content (AvgIpc) is 3.43. The fourth-order valence-corrected chi connectivity index (χ4v) is 4.33. The van der Waals surface area contributed by atoms with Crippen LogP contribution in [0, 0.1) is 0 Å². The Labute approximate surface area is 169 Å². The van der Waals surface area contributed by atoms with Gasteiger partial charge in [0.15, 0.2) is 0 Å². The Bertz CT molecular complexity index is 934. The fraction of sp³-hybridized carbons (Fsp3) is 0.500. The number of thiazole rings is 1. The van der Waals surface area contributed by atoms with Crippen molar-refractivity contribution in [1.29, 1.82) is 0 Å². The van der Waals surface area contributed by atoms with Crippen LogP contribution in [0.2, 0.25) is 0 Å². The van der Waals surface area contributed by atoms with Crippen LogP contribution in [0.25, 0.3) is 0 Å². The number of hydrogen-bond acceptors (Lipinski definition) is 5. The van der Waals surface area contributed by atoms with Crippen molar-refractivity contribution in [3.63, 3.8) is 0 Å². The maximum atomic E-state index is 13.0. The summed E-state index contributed by atoms with van der Waals surface area (Å²) >= 11 is 1.61. The summed E-state index contributed by atoms with van der Waals surface area (Å²) in [7, 11) is 1.85. The molecule has 0 atom stereocenters. The van der Waals surface area contributed by atoms with Gasteiger partial charge in [-0.2, -0.15) is 5.10 Å². The van der Waals surface area contributed by atoms with Gasteiger partial charge in [0.05, 0.1) is 23.4 Å². The molecule has 0 N–H and O–H groups in total. The molecule has 8 heteroatoms. The molecule has 4 heterocycles. The van der Waals surface area contributed by atoms with Crippen LogP contribution < -0.4 is 0 Å². The zero-order chi connectivity index (χ0) is 19.7. The van der Waals surface area contributed by atoms with Crippen molar-refractivity contribution >= 4 is 17.2 Å². The molecule has 0 radical (unpaired) electrons. The standard InChI is InChI=1S/C20H26N6OS/c1-14(2)17-10-18(24(3)23-17)20(27)25-7-4-15(5-8-25)19-21-6-9-26(19)11-16-12-28-13-22-16/h6,9-10,12-15H,4-5,7-8,11H2,1-3H3. The van der Waals surface area contributed by atoms with Crippen molar-refractivity contribution in [3.8, 4) is 0 Å². The third-order valence-electron chi connectivity index (χ3n) is 5.42. The predicted octanol–water partition coefficient (Wildman–Crippen LogP) is 3.26. The van der Waals surface area contributed by atoms with Crippen molar-refractivity contribution in [2.45, 2.75) is 45.1 Å². The number of aromatic nitrogens is 5. The molecule has 3 aromatic rings. The smallest absolute Gasteiger partial charge is 0.272 e. The first-order valence-corrected chi connectivity index (χ1v) is 10.7. The number of carbonyl (C=O) groups excluding carboxylic acids is 1. The highest BCUT2D eigenvalue weighted by Crippen LogP contribution is 2.28. The van der Waals surface area contributed by atoms with Crippen LogP contribution in [-0.4, -0.2) is 48.2 Å². The lowest BCUT2D eigenvalue weighted by atomic mass is 9.95. The lowest BCUT2D eigenvalue weighted by molar-refractivity contribution is 0.0699. The summed E-state index contributed by atoms with van der Waals surface area (Å²) in [5.74, 6) is 1.86. The first kappa shape index (κ1) is 18.9. The van der Waals surface area contributed by atoms with E-state index in [1.54, 1.807) is 16.0 Å². The van der Waals surface area contributed by atoms with E-state index in [0.29, 0.717) is 17.5 Å². The van der Waals surface area contributed by atoms with E-state index < -0.39 is 0 Å². The highest BCUT2D eigenvalue weighted by molar-refractivity contribution is 7.07. The van der Waals surface area contributed by atoms with Gasteiger partial charge in [-0.1, -0.05) is 13.8 Å². The minimum Gasteiger partial charge on any atom is -0.337 e. The van der Waals surface area contributed by atoms with Crippen molar-refractivity contribution in [2.24, 2.45) is 7.05 Å². The molecule has 0 aromatic carbocycles. The summed E-state index contributed by atoms with van der Waals surface area (Å²) in [6, 6.07) is 1.93. The van der Waals surface area contributed by atoms with Gasteiger partial charge < -0.3 is 9.47 Å². The van der Waals surface area contributed by atoms with Crippen LogP contribution in [0.15, 0.2) is 29.4 Å². The molecule has 0 saturated carbocycles. The molecule has 1 amide bonds. The molecular formula is C20H26N6OS. The highest BCUT2D eigenvalue weighted by Gasteiger charge is 2.28. The Morgan fingerprint density at radius 1 is 1.29 bits per heavy atom. The number of likely N-dealkylation sites (tertiary alicyclic amines) is 1. The number of piperidine rings is 1. The Balaban J connectivity index is 1.41. The van der Waals surface area contributed by atoms with Crippen LogP contribution in [0.5, 0.6) is 0 Å². The van der Waals surface area contributed by atoms with Crippen molar-refractivity contribution in [3.05, 3.63) is 52.3 Å². The number of amides is 1. The van der Waals surface area contributed by atoms with Gasteiger partial charge in [-0.15, -0.1) is 11.3 Å². The molecule has 0 unspecified atom stereocenters. The number of hydrogen-bond donors (Lipinski definition) is 0. The Morgan fingerprint density at radius 3 is 2.71 bits per heavy atom. The maximum Gasteiger partial charge on any atom is 0.272 e. The largest absolute Gasteiger partial charge is 0.337 e.